The number of carbonyl (C=O) groups is 2. The standard InChI is InChI=1S/C25H20ClNO4/c1-16-21(14-24(28)29)22-13-20(31-15-17-5-3-2-4-6-17)11-12-23(22)27(16)25(30)18-7-9-19(26)10-8-18/h2-13H,14-15H2,1H3,(H,28,29). The molecular formula is C25H20ClNO4. The number of carboxylic acid groups (broad SMARTS) is 1. The van der Waals surface area contributed by atoms with E-state index in [1.165, 1.54) is 0 Å². The molecule has 0 aliphatic rings. The minimum atomic E-state index is -0.961. The van der Waals surface area contributed by atoms with Crippen LogP contribution in [0, 0.1) is 6.92 Å². The number of ether oxygens (including phenoxy) is 1. The van der Waals surface area contributed by atoms with Crippen molar-refractivity contribution in [1.29, 1.82) is 0 Å². The van der Waals surface area contributed by atoms with Crippen LogP contribution in [0.15, 0.2) is 72.8 Å². The molecule has 0 aliphatic heterocycles. The molecule has 5 nitrogen and oxygen atoms in total. The fraction of sp³-hybridized carbons (Fsp3) is 0.120. The van der Waals surface area contributed by atoms with Crippen LogP contribution in [0.2, 0.25) is 5.02 Å². The van der Waals surface area contributed by atoms with Crippen molar-refractivity contribution < 1.29 is 19.4 Å². The first-order chi connectivity index (χ1) is 14.9. The number of carbonyl (C=O) groups excluding carboxylic acids is 1. The topological polar surface area (TPSA) is 68.5 Å². The van der Waals surface area contributed by atoms with E-state index in [4.69, 9.17) is 16.3 Å². The van der Waals surface area contributed by atoms with Gasteiger partial charge in [0.15, 0.2) is 0 Å². The molecule has 0 atom stereocenters. The molecule has 31 heavy (non-hydrogen) atoms. The summed E-state index contributed by atoms with van der Waals surface area (Å²) in [7, 11) is 0. The Bertz CT molecular complexity index is 1260. The van der Waals surface area contributed by atoms with Crippen molar-refractivity contribution in [2.24, 2.45) is 0 Å². The van der Waals surface area contributed by atoms with E-state index in [1.54, 1.807) is 54.0 Å². The Balaban J connectivity index is 1.76. The molecule has 1 heterocycles. The van der Waals surface area contributed by atoms with Gasteiger partial charge in [-0.2, -0.15) is 0 Å². The first kappa shape index (κ1) is 20.7. The van der Waals surface area contributed by atoms with Crippen molar-refractivity contribution >= 4 is 34.4 Å². The normalized spacial score (nSPS) is 10.9. The number of carboxylic acids is 1. The van der Waals surface area contributed by atoms with E-state index in [9.17, 15) is 14.7 Å². The van der Waals surface area contributed by atoms with E-state index in [0.29, 0.717) is 45.1 Å². The smallest absolute Gasteiger partial charge is 0.307 e. The number of fused-ring (bicyclic) bond motifs is 1. The zero-order valence-corrected chi connectivity index (χ0v) is 17.6. The molecule has 4 aromatic rings. The van der Waals surface area contributed by atoms with Gasteiger partial charge in [-0.3, -0.25) is 14.2 Å². The molecule has 0 aliphatic carbocycles. The molecule has 0 saturated heterocycles. The molecule has 156 valence electrons. The second kappa shape index (κ2) is 8.66. The first-order valence-electron chi connectivity index (χ1n) is 9.77. The molecule has 0 unspecified atom stereocenters. The Morgan fingerprint density at radius 3 is 2.39 bits per heavy atom. The summed E-state index contributed by atoms with van der Waals surface area (Å²) in [5, 5.41) is 10.7. The van der Waals surface area contributed by atoms with Crippen molar-refractivity contribution in [2.75, 3.05) is 0 Å². The van der Waals surface area contributed by atoms with Crippen LogP contribution < -0.4 is 4.74 Å². The summed E-state index contributed by atoms with van der Waals surface area (Å²) in [6.45, 7) is 2.15. The highest BCUT2D eigenvalue weighted by Gasteiger charge is 2.22. The molecule has 0 amide bonds. The van der Waals surface area contributed by atoms with Gasteiger partial charge in [0.1, 0.15) is 12.4 Å². The molecular weight excluding hydrogens is 414 g/mol. The van der Waals surface area contributed by atoms with Crippen molar-refractivity contribution in [3.63, 3.8) is 0 Å². The predicted molar refractivity (Wildman–Crippen MR) is 120 cm³/mol. The Hall–Kier alpha value is -3.57. The van der Waals surface area contributed by atoms with E-state index in [2.05, 4.69) is 0 Å². The van der Waals surface area contributed by atoms with E-state index < -0.39 is 5.97 Å². The van der Waals surface area contributed by atoms with Crippen LogP contribution in [0.25, 0.3) is 10.9 Å². The van der Waals surface area contributed by atoms with Gasteiger partial charge in [0, 0.05) is 21.7 Å². The zero-order chi connectivity index (χ0) is 22.0. The first-order valence-corrected chi connectivity index (χ1v) is 10.1. The Labute approximate surface area is 184 Å². The van der Waals surface area contributed by atoms with Gasteiger partial charge in [-0.05, 0) is 60.5 Å². The molecule has 0 saturated carbocycles. The highest BCUT2D eigenvalue weighted by molar-refractivity contribution is 6.30. The summed E-state index contributed by atoms with van der Waals surface area (Å²) in [5.41, 5.74) is 3.32. The molecule has 0 spiro atoms. The van der Waals surface area contributed by atoms with Gasteiger partial charge in [-0.1, -0.05) is 41.9 Å². The van der Waals surface area contributed by atoms with Crippen LogP contribution in [-0.4, -0.2) is 21.6 Å². The summed E-state index contributed by atoms with van der Waals surface area (Å²) in [6, 6.07) is 21.8. The molecule has 3 aromatic carbocycles. The van der Waals surface area contributed by atoms with Gasteiger partial charge in [0.2, 0.25) is 0 Å². The fourth-order valence-corrected chi connectivity index (χ4v) is 3.78. The molecule has 0 radical (unpaired) electrons. The van der Waals surface area contributed by atoms with Crippen molar-refractivity contribution in [3.05, 3.63) is 100 Å². The maximum atomic E-state index is 13.2. The van der Waals surface area contributed by atoms with Crippen LogP contribution in [0.3, 0.4) is 0 Å². The van der Waals surface area contributed by atoms with Gasteiger partial charge < -0.3 is 9.84 Å². The lowest BCUT2D eigenvalue weighted by Crippen LogP contribution is -2.14. The number of aromatic nitrogens is 1. The Kier molecular flexibility index (Phi) is 5.78. The number of nitrogens with zero attached hydrogens (tertiary/aromatic N) is 1. The summed E-state index contributed by atoms with van der Waals surface area (Å²) < 4.78 is 7.46. The fourth-order valence-electron chi connectivity index (χ4n) is 3.65. The van der Waals surface area contributed by atoms with E-state index >= 15 is 0 Å². The SMILES string of the molecule is Cc1c(CC(=O)O)c2cc(OCc3ccccc3)ccc2n1C(=O)c1ccc(Cl)cc1. The van der Waals surface area contributed by atoms with Crippen molar-refractivity contribution in [1.82, 2.24) is 4.57 Å². The van der Waals surface area contributed by atoms with Gasteiger partial charge >= 0.3 is 5.97 Å². The molecule has 1 N–H and O–H groups in total. The highest BCUT2D eigenvalue weighted by Crippen LogP contribution is 2.31. The van der Waals surface area contributed by atoms with Crippen LogP contribution >= 0.6 is 11.6 Å². The monoisotopic (exact) mass is 433 g/mol. The number of hydrogen-bond donors (Lipinski definition) is 1. The van der Waals surface area contributed by atoms with Crippen LogP contribution in [0.5, 0.6) is 5.75 Å². The van der Waals surface area contributed by atoms with E-state index in [1.807, 2.05) is 30.3 Å². The molecule has 1 aromatic heterocycles. The lowest BCUT2D eigenvalue weighted by atomic mass is 10.1. The maximum Gasteiger partial charge on any atom is 0.307 e. The second-order valence-corrected chi connectivity index (χ2v) is 7.67. The summed E-state index contributed by atoms with van der Waals surface area (Å²) in [5.74, 6) is -0.593. The van der Waals surface area contributed by atoms with Gasteiger partial charge in [0.25, 0.3) is 5.91 Å². The minimum Gasteiger partial charge on any atom is -0.489 e. The Morgan fingerprint density at radius 2 is 1.71 bits per heavy atom. The number of benzene rings is 3. The number of halogens is 1. The zero-order valence-electron chi connectivity index (χ0n) is 16.8. The maximum absolute atomic E-state index is 13.2. The second-order valence-electron chi connectivity index (χ2n) is 7.24. The third-order valence-electron chi connectivity index (χ3n) is 5.18. The number of aliphatic carboxylic acids is 1. The largest absolute Gasteiger partial charge is 0.489 e. The average Bonchev–Trinajstić information content (AvgIpc) is 3.03. The van der Waals surface area contributed by atoms with Gasteiger partial charge in [-0.15, -0.1) is 0 Å². The Morgan fingerprint density at radius 1 is 1.00 bits per heavy atom. The van der Waals surface area contributed by atoms with Gasteiger partial charge in [0.05, 0.1) is 11.9 Å². The predicted octanol–water partition coefficient (Wildman–Crippen LogP) is 5.50. The third kappa shape index (κ3) is 4.32. The lowest BCUT2D eigenvalue weighted by molar-refractivity contribution is -0.136. The van der Waals surface area contributed by atoms with Crippen LogP contribution in [0.4, 0.5) is 0 Å². The molecule has 6 heteroatoms. The summed E-state index contributed by atoms with van der Waals surface area (Å²) in [4.78, 5) is 24.7. The highest BCUT2D eigenvalue weighted by atomic mass is 35.5. The van der Waals surface area contributed by atoms with Crippen molar-refractivity contribution in [3.8, 4) is 5.75 Å². The third-order valence-corrected chi connectivity index (χ3v) is 5.43. The quantitative estimate of drug-likeness (QED) is 0.436. The van der Waals surface area contributed by atoms with Crippen LogP contribution in [-0.2, 0) is 17.8 Å². The molecule has 4 rings (SSSR count). The van der Waals surface area contributed by atoms with E-state index in [0.717, 1.165) is 5.56 Å². The van der Waals surface area contributed by atoms with Crippen molar-refractivity contribution in [2.45, 2.75) is 20.0 Å². The summed E-state index contributed by atoms with van der Waals surface area (Å²) >= 11 is 5.94. The van der Waals surface area contributed by atoms with Crippen LogP contribution in [0.1, 0.15) is 27.2 Å². The van der Waals surface area contributed by atoms with E-state index in [-0.39, 0.29) is 12.3 Å². The number of rotatable bonds is 6. The minimum absolute atomic E-state index is 0.189. The lowest BCUT2D eigenvalue weighted by Gasteiger charge is -2.09. The molecule has 0 bridgehead atoms. The number of hydrogen-bond acceptors (Lipinski definition) is 3. The van der Waals surface area contributed by atoms with Gasteiger partial charge in [-0.25, -0.2) is 0 Å². The molecule has 0 fully saturated rings. The average molecular weight is 434 g/mol. The summed E-state index contributed by atoms with van der Waals surface area (Å²) in [6.07, 6.45) is -0.189.